The molecule has 0 saturated carbocycles. The molecule has 3 aromatic carbocycles. The first-order valence-electron chi connectivity index (χ1n) is 8.98. The van der Waals surface area contributed by atoms with E-state index in [1.165, 1.54) is 0 Å². The Hall–Kier alpha value is -3.27. The average molecular weight is 358 g/mol. The highest BCUT2D eigenvalue weighted by Gasteiger charge is 2.39. The number of hydrogen-bond donors (Lipinski definition) is 1. The van der Waals surface area contributed by atoms with Crippen LogP contribution in [0.3, 0.4) is 0 Å². The maximum absolute atomic E-state index is 13.2. The predicted octanol–water partition coefficient (Wildman–Crippen LogP) is 4.33. The molecule has 1 aliphatic rings. The summed E-state index contributed by atoms with van der Waals surface area (Å²) in [6, 6.07) is 21.4. The van der Waals surface area contributed by atoms with Crippen LogP contribution in [-0.4, -0.2) is 17.9 Å². The van der Waals surface area contributed by atoms with E-state index in [9.17, 15) is 4.79 Å². The molecule has 136 valence electrons. The molecule has 1 aliphatic heterocycles. The van der Waals surface area contributed by atoms with E-state index in [4.69, 9.17) is 10.5 Å². The number of anilines is 1. The summed E-state index contributed by atoms with van der Waals surface area (Å²) < 4.78 is 5.24. The van der Waals surface area contributed by atoms with Crippen LogP contribution in [0.2, 0.25) is 0 Å². The fraction of sp³-hybridized carbons (Fsp3) is 0.174. The Labute approximate surface area is 159 Å². The van der Waals surface area contributed by atoms with E-state index in [0.717, 1.165) is 28.0 Å². The topological polar surface area (TPSA) is 55.6 Å². The normalized spacial score (nSPS) is 15.7. The minimum Gasteiger partial charge on any atom is -0.497 e. The molecule has 4 rings (SSSR count). The molecule has 1 atom stereocenters. The first-order chi connectivity index (χ1) is 13.1. The van der Waals surface area contributed by atoms with Crippen LogP contribution in [0.1, 0.15) is 38.7 Å². The van der Waals surface area contributed by atoms with Gasteiger partial charge in [-0.05, 0) is 47.9 Å². The van der Waals surface area contributed by atoms with Crippen LogP contribution >= 0.6 is 0 Å². The van der Waals surface area contributed by atoms with Crippen LogP contribution in [0, 0.1) is 6.92 Å². The number of amides is 1. The molecule has 0 bridgehead atoms. The second kappa shape index (κ2) is 6.80. The molecule has 0 spiro atoms. The van der Waals surface area contributed by atoms with E-state index in [2.05, 4.69) is 19.1 Å². The third-order valence-electron chi connectivity index (χ3n) is 5.21. The van der Waals surface area contributed by atoms with E-state index >= 15 is 0 Å². The monoisotopic (exact) mass is 358 g/mol. The van der Waals surface area contributed by atoms with Gasteiger partial charge in [0.2, 0.25) is 0 Å². The van der Waals surface area contributed by atoms with Gasteiger partial charge in [0.25, 0.3) is 5.91 Å². The third-order valence-corrected chi connectivity index (χ3v) is 5.21. The van der Waals surface area contributed by atoms with Crippen molar-refractivity contribution in [3.05, 3.63) is 94.5 Å². The lowest BCUT2D eigenvalue weighted by molar-refractivity contribution is 0.0736. The summed E-state index contributed by atoms with van der Waals surface area (Å²) in [5.41, 5.74) is 11.9. The van der Waals surface area contributed by atoms with E-state index < -0.39 is 0 Å². The Morgan fingerprint density at radius 3 is 2.44 bits per heavy atom. The summed E-state index contributed by atoms with van der Waals surface area (Å²) in [5.74, 6) is 0.816. The first-order valence-corrected chi connectivity index (χ1v) is 8.98. The number of benzene rings is 3. The van der Waals surface area contributed by atoms with E-state index in [1.54, 1.807) is 7.11 Å². The van der Waals surface area contributed by atoms with Crippen molar-refractivity contribution in [3.63, 3.8) is 0 Å². The number of methoxy groups -OCH3 is 1. The highest BCUT2D eigenvalue weighted by Crippen LogP contribution is 2.43. The first kappa shape index (κ1) is 17.2. The molecule has 0 aliphatic carbocycles. The van der Waals surface area contributed by atoms with Crippen LogP contribution in [0.15, 0.2) is 66.7 Å². The lowest BCUT2D eigenvalue weighted by Crippen LogP contribution is -2.28. The number of aryl methyl sites for hydroxylation is 1. The van der Waals surface area contributed by atoms with E-state index in [0.29, 0.717) is 17.8 Å². The number of carbonyl (C=O) groups excluding carboxylic acids is 1. The maximum atomic E-state index is 13.2. The SMILES string of the molecule is COc1ccc(CN2C(=O)c3cccc(N)c3C2c2ccccc2C)cc1. The van der Waals surface area contributed by atoms with Crippen LogP contribution in [0.4, 0.5) is 5.69 Å². The molecule has 0 saturated heterocycles. The second-order valence-electron chi connectivity index (χ2n) is 6.85. The molecule has 2 N–H and O–H groups in total. The summed E-state index contributed by atoms with van der Waals surface area (Å²) in [5, 5.41) is 0. The average Bonchev–Trinajstić information content (AvgIpc) is 2.96. The number of nitrogens with zero attached hydrogens (tertiary/aromatic N) is 1. The van der Waals surface area contributed by atoms with Crippen molar-refractivity contribution in [3.8, 4) is 5.75 Å². The Balaban J connectivity index is 1.80. The minimum atomic E-state index is -0.183. The van der Waals surface area contributed by atoms with Crippen LogP contribution in [0.25, 0.3) is 0 Å². The molecule has 0 aromatic heterocycles. The third kappa shape index (κ3) is 2.93. The highest BCUT2D eigenvalue weighted by molar-refractivity contribution is 6.01. The van der Waals surface area contributed by atoms with Crippen molar-refractivity contribution >= 4 is 11.6 Å². The van der Waals surface area contributed by atoms with Gasteiger partial charge in [0.15, 0.2) is 0 Å². The van der Waals surface area contributed by atoms with Crippen LogP contribution in [-0.2, 0) is 6.54 Å². The standard InChI is InChI=1S/C23H22N2O2/c1-15-6-3-4-7-18(15)22-21-19(8-5-9-20(21)24)23(26)25(22)14-16-10-12-17(27-2)13-11-16/h3-13,22H,14,24H2,1-2H3. The van der Waals surface area contributed by atoms with Gasteiger partial charge in [-0.15, -0.1) is 0 Å². The summed E-state index contributed by atoms with van der Waals surface area (Å²) in [6.07, 6.45) is 0. The quantitative estimate of drug-likeness (QED) is 0.706. The van der Waals surface area contributed by atoms with Crippen LogP contribution in [0.5, 0.6) is 5.75 Å². The molecular formula is C23H22N2O2. The fourth-order valence-electron chi connectivity index (χ4n) is 3.81. The smallest absolute Gasteiger partial charge is 0.255 e. The molecule has 27 heavy (non-hydrogen) atoms. The number of hydrogen-bond acceptors (Lipinski definition) is 3. The second-order valence-corrected chi connectivity index (χ2v) is 6.85. The molecule has 0 radical (unpaired) electrons. The molecule has 3 aromatic rings. The molecule has 1 heterocycles. The molecular weight excluding hydrogens is 336 g/mol. The molecule has 4 nitrogen and oxygen atoms in total. The maximum Gasteiger partial charge on any atom is 0.255 e. The number of ether oxygens (including phenoxy) is 1. The van der Waals surface area contributed by atoms with Gasteiger partial charge in [0, 0.05) is 23.4 Å². The van der Waals surface area contributed by atoms with Crippen molar-refractivity contribution in [2.45, 2.75) is 19.5 Å². The zero-order valence-corrected chi connectivity index (χ0v) is 15.5. The lowest BCUT2D eigenvalue weighted by atomic mass is 9.93. The number of fused-ring (bicyclic) bond motifs is 1. The van der Waals surface area contributed by atoms with Crippen LogP contribution < -0.4 is 10.5 Å². The van der Waals surface area contributed by atoms with Crippen molar-refractivity contribution < 1.29 is 9.53 Å². The Kier molecular flexibility index (Phi) is 4.32. The molecule has 4 heteroatoms. The van der Waals surface area contributed by atoms with Gasteiger partial charge in [-0.2, -0.15) is 0 Å². The summed E-state index contributed by atoms with van der Waals surface area (Å²) in [4.78, 5) is 15.1. The number of rotatable bonds is 4. The van der Waals surface area contributed by atoms with Crippen molar-refractivity contribution in [1.29, 1.82) is 0 Å². The molecule has 0 fully saturated rings. The van der Waals surface area contributed by atoms with Gasteiger partial charge in [-0.1, -0.05) is 42.5 Å². The highest BCUT2D eigenvalue weighted by atomic mass is 16.5. The van der Waals surface area contributed by atoms with Gasteiger partial charge in [0.1, 0.15) is 5.75 Å². The lowest BCUT2D eigenvalue weighted by Gasteiger charge is -2.27. The largest absolute Gasteiger partial charge is 0.497 e. The van der Waals surface area contributed by atoms with E-state index in [1.807, 2.05) is 59.5 Å². The Bertz CT molecular complexity index is 996. The number of carbonyl (C=O) groups is 1. The van der Waals surface area contributed by atoms with Crippen molar-refractivity contribution in [2.24, 2.45) is 0 Å². The molecule has 1 unspecified atom stereocenters. The Morgan fingerprint density at radius 2 is 1.74 bits per heavy atom. The fourth-order valence-corrected chi connectivity index (χ4v) is 3.81. The zero-order chi connectivity index (χ0) is 19.0. The van der Waals surface area contributed by atoms with Gasteiger partial charge >= 0.3 is 0 Å². The summed E-state index contributed by atoms with van der Waals surface area (Å²) in [7, 11) is 1.65. The summed E-state index contributed by atoms with van der Waals surface area (Å²) >= 11 is 0. The van der Waals surface area contributed by atoms with Crippen molar-refractivity contribution in [1.82, 2.24) is 4.90 Å². The van der Waals surface area contributed by atoms with E-state index in [-0.39, 0.29) is 11.9 Å². The van der Waals surface area contributed by atoms with Crippen molar-refractivity contribution in [2.75, 3.05) is 12.8 Å². The number of nitrogens with two attached hydrogens (primary N) is 1. The molecule has 1 amide bonds. The Morgan fingerprint density at radius 1 is 1.00 bits per heavy atom. The minimum absolute atomic E-state index is 0.0152. The van der Waals surface area contributed by atoms with Gasteiger partial charge in [-0.25, -0.2) is 0 Å². The van der Waals surface area contributed by atoms with Gasteiger partial charge in [-0.3, -0.25) is 4.79 Å². The van der Waals surface area contributed by atoms with Gasteiger partial charge in [0.05, 0.1) is 13.2 Å². The number of nitrogen functional groups attached to an aromatic ring is 1. The predicted molar refractivity (Wildman–Crippen MR) is 107 cm³/mol. The van der Waals surface area contributed by atoms with Gasteiger partial charge < -0.3 is 15.4 Å². The summed E-state index contributed by atoms with van der Waals surface area (Å²) in [6.45, 7) is 2.58. The zero-order valence-electron chi connectivity index (χ0n) is 15.5.